The van der Waals surface area contributed by atoms with E-state index in [0.717, 1.165) is 30.5 Å². The van der Waals surface area contributed by atoms with Crippen molar-refractivity contribution in [3.8, 4) is 0 Å². The van der Waals surface area contributed by atoms with Gasteiger partial charge in [0.2, 0.25) is 0 Å². The van der Waals surface area contributed by atoms with Crippen molar-refractivity contribution in [3.05, 3.63) is 35.2 Å². The highest BCUT2D eigenvalue weighted by molar-refractivity contribution is 9.09. The van der Waals surface area contributed by atoms with Gasteiger partial charge >= 0.3 is 0 Å². The molecule has 4 heteroatoms. The number of likely N-dealkylation sites (tertiary alicyclic amines) is 1. The lowest BCUT2D eigenvalue weighted by atomic mass is 9.99. The zero-order valence-electron chi connectivity index (χ0n) is 10.8. The number of benzene rings is 1. The molecule has 2 heterocycles. The number of carbonyl (C=O) groups excluding carboxylic acids is 1. The molecule has 2 nitrogen and oxygen atoms in total. The first-order chi connectivity index (χ1) is 9.16. The first-order valence-corrected chi connectivity index (χ1v) is 8.36. The Morgan fingerprint density at radius 1 is 1.42 bits per heavy atom. The van der Waals surface area contributed by atoms with E-state index in [1.165, 1.54) is 4.70 Å². The molecule has 2 atom stereocenters. The van der Waals surface area contributed by atoms with Crippen LogP contribution in [0.1, 0.15) is 23.7 Å². The Hall–Kier alpha value is -0.870. The highest BCUT2D eigenvalue weighted by Crippen LogP contribution is 2.29. The van der Waals surface area contributed by atoms with E-state index in [-0.39, 0.29) is 5.91 Å². The molecule has 0 spiro atoms. The Kier molecular flexibility index (Phi) is 3.63. The summed E-state index contributed by atoms with van der Waals surface area (Å²) in [7, 11) is 0. The number of thiophene rings is 1. The monoisotopic (exact) mass is 337 g/mol. The van der Waals surface area contributed by atoms with Crippen LogP contribution in [0.4, 0.5) is 0 Å². The number of fused-ring (bicyclic) bond motifs is 1. The molecule has 1 aliphatic rings. The number of carbonyl (C=O) groups is 1. The number of nitrogens with zero attached hydrogens (tertiary/aromatic N) is 1. The lowest BCUT2D eigenvalue weighted by Gasteiger charge is -2.34. The molecule has 2 aromatic rings. The number of amides is 1. The van der Waals surface area contributed by atoms with E-state index >= 15 is 0 Å². The van der Waals surface area contributed by atoms with E-state index in [2.05, 4.69) is 28.9 Å². The number of hydrogen-bond acceptors (Lipinski definition) is 2. The van der Waals surface area contributed by atoms with Crippen LogP contribution in [0, 0.1) is 5.92 Å². The van der Waals surface area contributed by atoms with Crippen LogP contribution in [-0.4, -0.2) is 28.7 Å². The highest BCUT2D eigenvalue weighted by Gasteiger charge is 2.28. The maximum absolute atomic E-state index is 12.6. The molecule has 0 N–H and O–H groups in total. The molecule has 0 aliphatic carbocycles. The SMILES string of the molecule is CC1CN(C(=O)c2csc3ccccc23)CCC1Br. The molecule has 1 saturated heterocycles. The standard InChI is InChI=1S/C15H16BrNOS/c1-10-8-17(7-6-13(10)16)15(18)12-9-19-14-5-3-2-4-11(12)14/h2-5,9-10,13H,6-8H2,1H3. The summed E-state index contributed by atoms with van der Waals surface area (Å²) in [6, 6.07) is 8.13. The van der Waals surface area contributed by atoms with Crippen LogP contribution in [-0.2, 0) is 0 Å². The molecule has 3 rings (SSSR count). The quantitative estimate of drug-likeness (QED) is 0.716. The predicted octanol–water partition coefficient (Wildman–Crippen LogP) is 4.15. The van der Waals surface area contributed by atoms with Gasteiger partial charge in [-0.2, -0.15) is 0 Å². The van der Waals surface area contributed by atoms with Crippen LogP contribution >= 0.6 is 27.3 Å². The van der Waals surface area contributed by atoms with E-state index in [4.69, 9.17) is 0 Å². The third kappa shape index (κ3) is 2.43. The molecule has 19 heavy (non-hydrogen) atoms. The molecule has 1 amide bonds. The Labute approximate surface area is 125 Å². The van der Waals surface area contributed by atoms with Crippen molar-refractivity contribution in [2.24, 2.45) is 5.92 Å². The summed E-state index contributed by atoms with van der Waals surface area (Å²) in [4.78, 5) is 15.2. The maximum atomic E-state index is 12.6. The fourth-order valence-corrected chi connectivity index (χ4v) is 3.92. The van der Waals surface area contributed by atoms with Crippen LogP contribution in [0.15, 0.2) is 29.6 Å². The first-order valence-electron chi connectivity index (χ1n) is 6.56. The van der Waals surface area contributed by atoms with E-state index < -0.39 is 0 Å². The Balaban J connectivity index is 1.88. The Bertz CT molecular complexity index is 609. The molecule has 1 aromatic heterocycles. The summed E-state index contributed by atoms with van der Waals surface area (Å²) in [6.45, 7) is 3.90. The minimum atomic E-state index is 0.184. The fourth-order valence-electron chi connectivity index (χ4n) is 2.62. The summed E-state index contributed by atoms with van der Waals surface area (Å²) in [5.41, 5.74) is 0.862. The third-order valence-corrected chi connectivity index (χ3v) is 6.12. The Morgan fingerprint density at radius 3 is 3.00 bits per heavy atom. The second-order valence-electron chi connectivity index (χ2n) is 5.18. The first kappa shape index (κ1) is 13.1. The van der Waals surface area contributed by atoms with Gasteiger partial charge in [-0.25, -0.2) is 0 Å². The van der Waals surface area contributed by atoms with Crippen molar-refractivity contribution in [1.29, 1.82) is 0 Å². The normalized spacial score (nSPS) is 23.8. The van der Waals surface area contributed by atoms with Crippen molar-refractivity contribution in [3.63, 3.8) is 0 Å². The zero-order valence-corrected chi connectivity index (χ0v) is 13.2. The molecule has 0 saturated carbocycles. The molecule has 0 radical (unpaired) electrons. The summed E-state index contributed by atoms with van der Waals surface area (Å²) in [5.74, 6) is 0.700. The highest BCUT2D eigenvalue weighted by atomic mass is 79.9. The summed E-state index contributed by atoms with van der Waals surface area (Å²) in [6.07, 6.45) is 1.04. The molecular weight excluding hydrogens is 322 g/mol. The summed E-state index contributed by atoms with van der Waals surface area (Å²) < 4.78 is 1.19. The van der Waals surface area contributed by atoms with Crippen LogP contribution < -0.4 is 0 Å². The van der Waals surface area contributed by atoms with Crippen LogP contribution in [0.25, 0.3) is 10.1 Å². The van der Waals surface area contributed by atoms with Gasteiger partial charge in [0.25, 0.3) is 5.91 Å². The van der Waals surface area contributed by atoms with Crippen LogP contribution in [0.3, 0.4) is 0 Å². The maximum Gasteiger partial charge on any atom is 0.255 e. The van der Waals surface area contributed by atoms with Crippen molar-refractivity contribution in [2.75, 3.05) is 13.1 Å². The average Bonchev–Trinajstić information content (AvgIpc) is 2.85. The van der Waals surface area contributed by atoms with E-state index in [1.54, 1.807) is 11.3 Å². The number of piperidine rings is 1. The molecule has 2 unspecified atom stereocenters. The third-order valence-electron chi connectivity index (χ3n) is 3.80. The van der Waals surface area contributed by atoms with Gasteiger partial charge in [-0.05, 0) is 18.4 Å². The Morgan fingerprint density at radius 2 is 2.21 bits per heavy atom. The van der Waals surface area contributed by atoms with Crippen LogP contribution in [0.2, 0.25) is 0 Å². The van der Waals surface area contributed by atoms with Gasteiger partial charge in [-0.15, -0.1) is 11.3 Å². The van der Waals surface area contributed by atoms with Crippen molar-refractivity contribution in [1.82, 2.24) is 4.90 Å². The molecule has 1 fully saturated rings. The van der Waals surface area contributed by atoms with Crippen molar-refractivity contribution < 1.29 is 4.79 Å². The minimum Gasteiger partial charge on any atom is -0.338 e. The second kappa shape index (κ2) is 5.25. The van der Waals surface area contributed by atoms with Crippen LogP contribution in [0.5, 0.6) is 0 Å². The number of alkyl halides is 1. The van der Waals surface area contributed by atoms with E-state index in [0.29, 0.717) is 10.7 Å². The van der Waals surface area contributed by atoms with Gasteiger partial charge in [-0.1, -0.05) is 41.1 Å². The number of hydrogen-bond donors (Lipinski definition) is 0. The molecule has 1 aromatic carbocycles. The van der Waals surface area contributed by atoms with Gasteiger partial charge in [-0.3, -0.25) is 4.79 Å². The summed E-state index contributed by atoms with van der Waals surface area (Å²) in [5, 5.41) is 3.09. The predicted molar refractivity (Wildman–Crippen MR) is 84.2 cm³/mol. The fraction of sp³-hybridized carbons (Fsp3) is 0.400. The second-order valence-corrected chi connectivity index (χ2v) is 7.27. The lowest BCUT2D eigenvalue weighted by Crippen LogP contribution is -2.43. The van der Waals surface area contributed by atoms with E-state index in [1.807, 2.05) is 28.5 Å². The van der Waals surface area contributed by atoms with Gasteiger partial charge in [0.05, 0.1) is 5.56 Å². The van der Waals surface area contributed by atoms with Gasteiger partial charge in [0.1, 0.15) is 0 Å². The largest absolute Gasteiger partial charge is 0.338 e. The molecular formula is C15H16BrNOS. The van der Waals surface area contributed by atoms with Crippen molar-refractivity contribution in [2.45, 2.75) is 18.2 Å². The zero-order chi connectivity index (χ0) is 13.4. The topological polar surface area (TPSA) is 20.3 Å². The summed E-state index contributed by atoms with van der Waals surface area (Å²) >= 11 is 5.33. The number of halogens is 1. The van der Waals surface area contributed by atoms with Gasteiger partial charge in [0, 0.05) is 33.4 Å². The number of rotatable bonds is 1. The van der Waals surface area contributed by atoms with E-state index in [9.17, 15) is 4.79 Å². The minimum absolute atomic E-state index is 0.184. The van der Waals surface area contributed by atoms with Gasteiger partial charge < -0.3 is 4.90 Å². The lowest BCUT2D eigenvalue weighted by molar-refractivity contribution is 0.0693. The molecule has 0 bridgehead atoms. The smallest absolute Gasteiger partial charge is 0.255 e. The average molecular weight is 338 g/mol. The molecule has 1 aliphatic heterocycles. The molecule has 100 valence electrons. The van der Waals surface area contributed by atoms with Crippen molar-refractivity contribution >= 4 is 43.3 Å². The van der Waals surface area contributed by atoms with Gasteiger partial charge in [0.15, 0.2) is 0 Å².